The SMILES string of the molecule is COc1cc(OC)c(C(C(=O)O)C(C)C)cc1OC. The Bertz CT molecular complexity index is 453. The largest absolute Gasteiger partial charge is 0.496 e. The van der Waals surface area contributed by atoms with Gasteiger partial charge in [0, 0.05) is 11.6 Å². The van der Waals surface area contributed by atoms with Crippen LogP contribution >= 0.6 is 0 Å². The van der Waals surface area contributed by atoms with Gasteiger partial charge in [0.2, 0.25) is 0 Å². The number of rotatable bonds is 6. The van der Waals surface area contributed by atoms with Gasteiger partial charge in [0.15, 0.2) is 11.5 Å². The first kappa shape index (κ1) is 15.1. The molecule has 0 aliphatic rings. The highest BCUT2D eigenvalue weighted by atomic mass is 16.5. The minimum Gasteiger partial charge on any atom is -0.496 e. The number of benzene rings is 1. The highest BCUT2D eigenvalue weighted by Gasteiger charge is 2.28. The number of carboxylic acid groups (broad SMARTS) is 1. The van der Waals surface area contributed by atoms with E-state index in [1.165, 1.54) is 21.3 Å². The molecule has 5 heteroatoms. The average molecular weight is 268 g/mol. The Labute approximate surface area is 113 Å². The molecule has 1 aromatic rings. The first-order valence-electron chi connectivity index (χ1n) is 5.98. The molecule has 1 N–H and O–H groups in total. The summed E-state index contributed by atoms with van der Waals surface area (Å²) in [4.78, 5) is 11.4. The molecule has 1 rings (SSSR count). The van der Waals surface area contributed by atoms with Crippen molar-refractivity contribution in [1.29, 1.82) is 0 Å². The van der Waals surface area contributed by atoms with Crippen LogP contribution in [-0.2, 0) is 4.79 Å². The van der Waals surface area contributed by atoms with E-state index in [4.69, 9.17) is 14.2 Å². The van der Waals surface area contributed by atoms with Gasteiger partial charge in [-0.15, -0.1) is 0 Å². The maximum absolute atomic E-state index is 11.4. The number of aliphatic carboxylic acids is 1. The molecule has 0 aromatic heterocycles. The monoisotopic (exact) mass is 268 g/mol. The van der Waals surface area contributed by atoms with Crippen LogP contribution < -0.4 is 14.2 Å². The van der Waals surface area contributed by atoms with Crippen LogP contribution in [0.2, 0.25) is 0 Å². The summed E-state index contributed by atoms with van der Waals surface area (Å²) in [6.07, 6.45) is 0. The van der Waals surface area contributed by atoms with Gasteiger partial charge < -0.3 is 19.3 Å². The van der Waals surface area contributed by atoms with Gasteiger partial charge in [0.25, 0.3) is 0 Å². The topological polar surface area (TPSA) is 65.0 Å². The van der Waals surface area contributed by atoms with Crippen LogP contribution in [0.5, 0.6) is 17.2 Å². The normalized spacial score (nSPS) is 12.1. The van der Waals surface area contributed by atoms with Crippen molar-refractivity contribution in [3.8, 4) is 17.2 Å². The summed E-state index contributed by atoms with van der Waals surface area (Å²) in [5, 5.41) is 9.38. The second kappa shape index (κ2) is 6.31. The Morgan fingerprint density at radius 1 is 1.00 bits per heavy atom. The van der Waals surface area contributed by atoms with Gasteiger partial charge in [-0.3, -0.25) is 4.79 Å². The van der Waals surface area contributed by atoms with E-state index in [1.54, 1.807) is 12.1 Å². The van der Waals surface area contributed by atoms with E-state index in [0.29, 0.717) is 22.8 Å². The number of hydrogen-bond donors (Lipinski definition) is 1. The van der Waals surface area contributed by atoms with Gasteiger partial charge >= 0.3 is 5.97 Å². The standard InChI is InChI=1S/C14H20O5/c1-8(2)13(14(15)16)9-6-11(18-4)12(19-5)7-10(9)17-3/h6-8,13H,1-5H3,(H,15,16). The van der Waals surface area contributed by atoms with E-state index < -0.39 is 11.9 Å². The van der Waals surface area contributed by atoms with Gasteiger partial charge in [0.05, 0.1) is 27.2 Å². The third-order valence-corrected chi connectivity index (χ3v) is 3.00. The highest BCUT2D eigenvalue weighted by molar-refractivity contribution is 5.78. The first-order valence-corrected chi connectivity index (χ1v) is 5.98. The Morgan fingerprint density at radius 2 is 1.47 bits per heavy atom. The third-order valence-electron chi connectivity index (χ3n) is 3.00. The molecule has 0 bridgehead atoms. The van der Waals surface area contributed by atoms with Crippen LogP contribution in [-0.4, -0.2) is 32.4 Å². The molecule has 0 heterocycles. The lowest BCUT2D eigenvalue weighted by molar-refractivity contribution is -0.139. The van der Waals surface area contributed by atoms with Crippen LogP contribution in [0.3, 0.4) is 0 Å². The molecule has 0 aliphatic heterocycles. The highest BCUT2D eigenvalue weighted by Crippen LogP contribution is 2.40. The Balaban J connectivity index is 3.43. The Hall–Kier alpha value is -1.91. The fourth-order valence-electron chi connectivity index (χ4n) is 2.07. The Kier molecular flexibility index (Phi) is 5.03. The summed E-state index contributed by atoms with van der Waals surface area (Å²) < 4.78 is 15.7. The molecule has 1 unspecified atom stereocenters. The van der Waals surface area contributed by atoms with Crippen LogP contribution in [0.15, 0.2) is 12.1 Å². The predicted octanol–water partition coefficient (Wildman–Crippen LogP) is 2.54. The van der Waals surface area contributed by atoms with Crippen LogP contribution in [0, 0.1) is 5.92 Å². The summed E-state index contributed by atoms with van der Waals surface area (Å²) in [5.41, 5.74) is 0.586. The molecule has 5 nitrogen and oxygen atoms in total. The fraction of sp³-hybridized carbons (Fsp3) is 0.500. The first-order chi connectivity index (χ1) is 8.96. The lowest BCUT2D eigenvalue weighted by atomic mass is 9.87. The zero-order chi connectivity index (χ0) is 14.6. The van der Waals surface area contributed by atoms with Crippen LogP contribution in [0.4, 0.5) is 0 Å². The lowest BCUT2D eigenvalue weighted by Crippen LogP contribution is -2.18. The minimum absolute atomic E-state index is 0.0653. The van der Waals surface area contributed by atoms with E-state index in [0.717, 1.165) is 0 Å². The van der Waals surface area contributed by atoms with Gasteiger partial charge in [0.1, 0.15) is 5.75 Å². The van der Waals surface area contributed by atoms with Crippen molar-refractivity contribution in [1.82, 2.24) is 0 Å². The van der Waals surface area contributed by atoms with Gasteiger partial charge in [-0.1, -0.05) is 13.8 Å². The molecule has 19 heavy (non-hydrogen) atoms. The summed E-state index contributed by atoms with van der Waals surface area (Å²) in [6.45, 7) is 3.71. The molecule has 1 aromatic carbocycles. The van der Waals surface area contributed by atoms with E-state index in [9.17, 15) is 9.90 Å². The van der Waals surface area contributed by atoms with Crippen LogP contribution in [0.25, 0.3) is 0 Å². The quantitative estimate of drug-likeness (QED) is 0.858. The van der Waals surface area contributed by atoms with E-state index >= 15 is 0 Å². The number of methoxy groups -OCH3 is 3. The molecule has 0 fully saturated rings. The van der Waals surface area contributed by atoms with Gasteiger partial charge in [-0.2, -0.15) is 0 Å². The van der Waals surface area contributed by atoms with E-state index in [2.05, 4.69) is 0 Å². The zero-order valence-corrected chi connectivity index (χ0v) is 11.9. The van der Waals surface area contributed by atoms with E-state index in [1.807, 2.05) is 13.8 Å². The Morgan fingerprint density at radius 3 is 1.84 bits per heavy atom. The van der Waals surface area contributed by atoms with Gasteiger partial charge in [-0.25, -0.2) is 0 Å². The maximum atomic E-state index is 11.4. The van der Waals surface area contributed by atoms with Crippen molar-refractivity contribution in [3.63, 3.8) is 0 Å². The summed E-state index contributed by atoms with van der Waals surface area (Å²) >= 11 is 0. The van der Waals surface area contributed by atoms with Gasteiger partial charge in [-0.05, 0) is 12.0 Å². The molecule has 0 saturated heterocycles. The molecular weight excluding hydrogens is 248 g/mol. The van der Waals surface area contributed by atoms with Crippen LogP contribution in [0.1, 0.15) is 25.3 Å². The molecule has 1 atom stereocenters. The van der Waals surface area contributed by atoms with Crippen molar-refractivity contribution in [2.45, 2.75) is 19.8 Å². The number of hydrogen-bond acceptors (Lipinski definition) is 4. The third kappa shape index (κ3) is 3.10. The second-order valence-electron chi connectivity index (χ2n) is 4.51. The second-order valence-corrected chi connectivity index (χ2v) is 4.51. The molecule has 0 saturated carbocycles. The van der Waals surface area contributed by atoms with Crippen molar-refractivity contribution in [2.75, 3.05) is 21.3 Å². The number of carboxylic acids is 1. The van der Waals surface area contributed by atoms with Crippen molar-refractivity contribution >= 4 is 5.97 Å². The number of ether oxygens (including phenoxy) is 3. The number of carbonyl (C=O) groups is 1. The molecule has 0 aliphatic carbocycles. The molecule has 0 radical (unpaired) electrons. The average Bonchev–Trinajstić information content (AvgIpc) is 2.37. The fourth-order valence-corrected chi connectivity index (χ4v) is 2.07. The predicted molar refractivity (Wildman–Crippen MR) is 71.3 cm³/mol. The zero-order valence-electron chi connectivity index (χ0n) is 11.9. The molecule has 0 amide bonds. The minimum atomic E-state index is -0.888. The van der Waals surface area contributed by atoms with Crippen molar-refractivity contribution in [2.24, 2.45) is 5.92 Å². The summed E-state index contributed by atoms with van der Waals surface area (Å²) in [6, 6.07) is 3.31. The smallest absolute Gasteiger partial charge is 0.311 e. The molecule has 106 valence electrons. The molecule has 0 spiro atoms. The maximum Gasteiger partial charge on any atom is 0.311 e. The van der Waals surface area contributed by atoms with Crippen molar-refractivity contribution in [3.05, 3.63) is 17.7 Å². The summed E-state index contributed by atoms with van der Waals surface area (Å²) in [7, 11) is 4.54. The molecular formula is C14H20O5. The van der Waals surface area contributed by atoms with E-state index in [-0.39, 0.29) is 5.92 Å². The van der Waals surface area contributed by atoms with Crippen molar-refractivity contribution < 1.29 is 24.1 Å². The lowest BCUT2D eigenvalue weighted by Gasteiger charge is -2.21. The summed E-state index contributed by atoms with van der Waals surface area (Å²) in [5.74, 6) is -0.125.